The van der Waals surface area contributed by atoms with Crippen LogP contribution in [0.3, 0.4) is 0 Å². The van der Waals surface area contributed by atoms with Crippen molar-refractivity contribution in [3.05, 3.63) is 83.9 Å². The third kappa shape index (κ3) is 5.31. The van der Waals surface area contributed by atoms with Crippen molar-refractivity contribution in [1.82, 2.24) is 0 Å². The van der Waals surface area contributed by atoms with Gasteiger partial charge in [0, 0.05) is 11.1 Å². The van der Waals surface area contributed by atoms with Gasteiger partial charge in [-0.2, -0.15) is 0 Å². The Morgan fingerprint density at radius 1 is 0.696 bits per heavy atom. The first-order chi connectivity index (χ1) is 11.3. The molecule has 2 aromatic rings. The predicted octanol–water partition coefficient (Wildman–Crippen LogP) is 4.38. The van der Waals surface area contributed by atoms with Gasteiger partial charge in [-0.1, -0.05) is 60.7 Å². The molecule has 0 atom stereocenters. The van der Waals surface area contributed by atoms with E-state index in [0.717, 1.165) is 22.6 Å². The van der Waals surface area contributed by atoms with E-state index in [9.17, 15) is 0 Å². The number of methoxy groups -OCH3 is 2. The molecule has 0 bridgehead atoms. The van der Waals surface area contributed by atoms with Crippen molar-refractivity contribution in [3.8, 4) is 0 Å². The lowest BCUT2D eigenvalue weighted by molar-refractivity contribution is 0.191. The van der Waals surface area contributed by atoms with Gasteiger partial charge < -0.3 is 14.2 Å². The highest BCUT2D eigenvalue weighted by atomic mass is 16.5. The fourth-order valence-electron chi connectivity index (χ4n) is 2.18. The molecule has 2 aromatic carbocycles. The maximum absolute atomic E-state index is 5.63. The van der Waals surface area contributed by atoms with Crippen molar-refractivity contribution in [1.29, 1.82) is 0 Å². The summed E-state index contributed by atoms with van der Waals surface area (Å²) in [6, 6.07) is 19.9. The molecule has 120 valence electrons. The second-order valence-electron chi connectivity index (χ2n) is 4.81. The highest BCUT2D eigenvalue weighted by Crippen LogP contribution is 2.15. The Bertz CT molecular complexity index is 573. The maximum Gasteiger partial charge on any atom is 0.124 e. The zero-order valence-electron chi connectivity index (χ0n) is 13.6. The molecule has 0 heterocycles. The fraction of sp³-hybridized carbons (Fsp3) is 0.200. The largest absolute Gasteiger partial charge is 0.496 e. The summed E-state index contributed by atoms with van der Waals surface area (Å²) in [5.41, 5.74) is 2.08. The lowest BCUT2D eigenvalue weighted by Gasteiger charge is -2.08. The first kappa shape index (κ1) is 16.8. The van der Waals surface area contributed by atoms with Gasteiger partial charge >= 0.3 is 0 Å². The number of ether oxygens (including phenoxy) is 3. The second kappa shape index (κ2) is 9.49. The van der Waals surface area contributed by atoms with Crippen LogP contribution in [-0.4, -0.2) is 27.4 Å². The topological polar surface area (TPSA) is 27.7 Å². The number of rotatable bonds is 8. The Balaban J connectivity index is 1.89. The smallest absolute Gasteiger partial charge is 0.124 e. The summed E-state index contributed by atoms with van der Waals surface area (Å²) < 4.78 is 16.4. The Hall–Kier alpha value is -2.52. The van der Waals surface area contributed by atoms with Crippen LogP contribution in [0.5, 0.6) is 0 Å². The van der Waals surface area contributed by atoms with E-state index in [1.807, 2.05) is 72.8 Å². The van der Waals surface area contributed by atoms with Crippen molar-refractivity contribution in [2.75, 3.05) is 27.4 Å². The summed E-state index contributed by atoms with van der Waals surface area (Å²) in [5.74, 6) is 1.62. The standard InChI is InChI=1S/C20H22O3/c1-21-19(17-9-5-3-6-10-17)13-15-23-16-14-20(22-2)18-11-7-4-8-12-18/h3-14H,15-16H2,1-2H3. The van der Waals surface area contributed by atoms with Gasteiger partial charge in [-0.3, -0.25) is 0 Å². The van der Waals surface area contributed by atoms with E-state index in [1.165, 1.54) is 0 Å². The van der Waals surface area contributed by atoms with Crippen LogP contribution in [0.1, 0.15) is 11.1 Å². The number of hydrogen-bond acceptors (Lipinski definition) is 3. The van der Waals surface area contributed by atoms with Crippen LogP contribution in [0.4, 0.5) is 0 Å². The third-order valence-electron chi connectivity index (χ3n) is 3.33. The molecule has 0 aliphatic carbocycles. The Morgan fingerprint density at radius 2 is 1.09 bits per heavy atom. The minimum absolute atomic E-state index is 0.473. The van der Waals surface area contributed by atoms with Crippen molar-refractivity contribution < 1.29 is 14.2 Å². The van der Waals surface area contributed by atoms with Crippen LogP contribution in [0, 0.1) is 0 Å². The first-order valence-corrected chi connectivity index (χ1v) is 7.52. The lowest BCUT2D eigenvalue weighted by Crippen LogP contribution is -1.96. The Kier molecular flexibility index (Phi) is 6.95. The molecular formula is C20H22O3. The van der Waals surface area contributed by atoms with Gasteiger partial charge in [-0.05, 0) is 12.2 Å². The van der Waals surface area contributed by atoms with Gasteiger partial charge in [0.05, 0.1) is 27.4 Å². The predicted molar refractivity (Wildman–Crippen MR) is 93.7 cm³/mol. The average Bonchev–Trinajstić information content (AvgIpc) is 2.63. The van der Waals surface area contributed by atoms with E-state index in [0.29, 0.717) is 13.2 Å². The first-order valence-electron chi connectivity index (χ1n) is 7.52. The summed E-state index contributed by atoms with van der Waals surface area (Å²) in [7, 11) is 3.33. The third-order valence-corrected chi connectivity index (χ3v) is 3.33. The molecule has 0 N–H and O–H groups in total. The lowest BCUT2D eigenvalue weighted by atomic mass is 10.2. The fourth-order valence-corrected chi connectivity index (χ4v) is 2.18. The second-order valence-corrected chi connectivity index (χ2v) is 4.81. The summed E-state index contributed by atoms with van der Waals surface area (Å²) in [6.45, 7) is 0.945. The van der Waals surface area contributed by atoms with Crippen LogP contribution in [0.25, 0.3) is 11.5 Å². The Labute approximate surface area is 137 Å². The zero-order chi connectivity index (χ0) is 16.3. The van der Waals surface area contributed by atoms with Crippen molar-refractivity contribution >= 4 is 11.5 Å². The average molecular weight is 310 g/mol. The van der Waals surface area contributed by atoms with Crippen LogP contribution in [0.15, 0.2) is 72.8 Å². The van der Waals surface area contributed by atoms with Gasteiger partial charge in [-0.15, -0.1) is 0 Å². The molecule has 0 saturated carbocycles. The van der Waals surface area contributed by atoms with Crippen LogP contribution in [0.2, 0.25) is 0 Å². The normalized spacial score (nSPS) is 12.1. The molecule has 0 aliphatic rings. The summed E-state index contributed by atoms with van der Waals surface area (Å²) in [4.78, 5) is 0. The molecule has 0 aliphatic heterocycles. The molecule has 0 saturated heterocycles. The molecule has 23 heavy (non-hydrogen) atoms. The van der Waals surface area contributed by atoms with E-state index in [2.05, 4.69) is 0 Å². The van der Waals surface area contributed by atoms with Gasteiger partial charge in [0.25, 0.3) is 0 Å². The molecular weight excluding hydrogens is 288 g/mol. The number of hydrogen-bond donors (Lipinski definition) is 0. The molecule has 3 heteroatoms. The molecule has 0 fully saturated rings. The molecule has 0 unspecified atom stereocenters. The van der Waals surface area contributed by atoms with Gasteiger partial charge in [0.2, 0.25) is 0 Å². The minimum Gasteiger partial charge on any atom is -0.496 e. The highest BCUT2D eigenvalue weighted by molar-refractivity contribution is 5.60. The quantitative estimate of drug-likeness (QED) is 0.535. The zero-order valence-corrected chi connectivity index (χ0v) is 13.6. The Morgan fingerprint density at radius 3 is 1.43 bits per heavy atom. The van der Waals surface area contributed by atoms with E-state index >= 15 is 0 Å². The number of benzene rings is 2. The molecule has 0 amide bonds. The van der Waals surface area contributed by atoms with Gasteiger partial charge in [-0.25, -0.2) is 0 Å². The van der Waals surface area contributed by atoms with E-state index in [4.69, 9.17) is 14.2 Å². The van der Waals surface area contributed by atoms with E-state index in [1.54, 1.807) is 14.2 Å². The van der Waals surface area contributed by atoms with Gasteiger partial charge in [0.15, 0.2) is 0 Å². The SMILES string of the molecule is COC(=CCOCC=C(OC)c1ccccc1)c1ccccc1. The van der Waals surface area contributed by atoms with Gasteiger partial charge in [0.1, 0.15) is 11.5 Å². The van der Waals surface area contributed by atoms with Crippen molar-refractivity contribution in [3.63, 3.8) is 0 Å². The monoisotopic (exact) mass is 310 g/mol. The molecule has 3 nitrogen and oxygen atoms in total. The summed E-state index contributed by atoms with van der Waals surface area (Å²) >= 11 is 0. The molecule has 0 radical (unpaired) electrons. The molecule has 2 rings (SSSR count). The summed E-state index contributed by atoms with van der Waals surface area (Å²) in [6.07, 6.45) is 3.86. The van der Waals surface area contributed by atoms with Crippen LogP contribution < -0.4 is 0 Å². The van der Waals surface area contributed by atoms with Crippen LogP contribution in [-0.2, 0) is 14.2 Å². The highest BCUT2D eigenvalue weighted by Gasteiger charge is 2.01. The van der Waals surface area contributed by atoms with E-state index < -0.39 is 0 Å². The molecule has 0 aromatic heterocycles. The van der Waals surface area contributed by atoms with Crippen molar-refractivity contribution in [2.24, 2.45) is 0 Å². The molecule has 0 spiro atoms. The maximum atomic E-state index is 5.63. The summed E-state index contributed by atoms with van der Waals surface area (Å²) in [5, 5.41) is 0. The minimum atomic E-state index is 0.473. The van der Waals surface area contributed by atoms with Crippen LogP contribution >= 0.6 is 0 Å². The van der Waals surface area contributed by atoms with E-state index in [-0.39, 0.29) is 0 Å². The van der Waals surface area contributed by atoms with Crippen molar-refractivity contribution in [2.45, 2.75) is 0 Å².